The quantitative estimate of drug-likeness (QED) is 0.557. The molecule has 2 aromatic carbocycles. The van der Waals surface area contributed by atoms with Crippen molar-refractivity contribution < 1.29 is 19.4 Å². The number of likely N-dealkylation sites (tertiary alicyclic amines) is 1. The van der Waals surface area contributed by atoms with Crippen molar-refractivity contribution in [2.45, 2.75) is 50.7 Å². The Balaban J connectivity index is 1.27. The van der Waals surface area contributed by atoms with Crippen LogP contribution < -0.4 is 15.0 Å². The number of hydrogen-bond acceptors (Lipinski definition) is 5. The molecule has 2 aromatic rings. The highest BCUT2D eigenvalue weighted by molar-refractivity contribution is 5.97. The Labute approximate surface area is 201 Å². The van der Waals surface area contributed by atoms with Gasteiger partial charge in [0.05, 0.1) is 12.7 Å². The van der Waals surface area contributed by atoms with Gasteiger partial charge >= 0.3 is 0 Å². The molecule has 7 nitrogen and oxygen atoms in total. The smallest absolute Gasteiger partial charge is 0.253 e. The van der Waals surface area contributed by atoms with Gasteiger partial charge in [-0.1, -0.05) is 18.2 Å². The molecule has 7 heteroatoms. The second-order valence-corrected chi connectivity index (χ2v) is 9.14. The number of rotatable bonds is 9. The standard InChI is InChI=1S/C27H35N3O4/c1-28-19-23(31)6-4-18-34-24-11-8-21(9-12-24)27(33)29-16-14-22(15-17-29)30-25-7-3-2-5-20(25)10-13-26(30)32/h2-3,5,7-9,11-12,22-23,28,31H,4,6,10,13-19H2,1H3. The molecule has 4 rings (SSSR count). The van der Waals surface area contributed by atoms with Gasteiger partial charge in [-0.05, 0) is 75.0 Å². The van der Waals surface area contributed by atoms with E-state index in [0.717, 1.165) is 37.1 Å². The molecule has 0 aliphatic carbocycles. The molecular weight excluding hydrogens is 430 g/mol. The molecule has 0 spiro atoms. The summed E-state index contributed by atoms with van der Waals surface area (Å²) in [6.07, 6.45) is 4.02. The molecule has 0 saturated carbocycles. The van der Waals surface area contributed by atoms with E-state index < -0.39 is 0 Å². The maximum atomic E-state index is 13.0. The van der Waals surface area contributed by atoms with Crippen LogP contribution >= 0.6 is 0 Å². The number of benzene rings is 2. The highest BCUT2D eigenvalue weighted by Gasteiger charge is 2.33. The van der Waals surface area contributed by atoms with Crippen LogP contribution in [0.4, 0.5) is 5.69 Å². The monoisotopic (exact) mass is 465 g/mol. The van der Waals surface area contributed by atoms with Gasteiger partial charge in [0.15, 0.2) is 0 Å². The van der Waals surface area contributed by atoms with E-state index in [-0.39, 0.29) is 24.0 Å². The van der Waals surface area contributed by atoms with Gasteiger partial charge in [-0.3, -0.25) is 9.59 Å². The summed E-state index contributed by atoms with van der Waals surface area (Å²) in [7, 11) is 1.82. The number of ether oxygens (including phenoxy) is 1. The second kappa shape index (κ2) is 11.5. The first-order valence-electron chi connectivity index (χ1n) is 12.3. The lowest BCUT2D eigenvalue weighted by molar-refractivity contribution is -0.119. The summed E-state index contributed by atoms with van der Waals surface area (Å²) < 4.78 is 5.74. The molecule has 0 bridgehead atoms. The maximum absolute atomic E-state index is 13.0. The molecule has 0 radical (unpaired) electrons. The normalized spacial score (nSPS) is 17.4. The van der Waals surface area contributed by atoms with E-state index in [1.54, 1.807) is 0 Å². The Morgan fingerprint density at radius 2 is 1.85 bits per heavy atom. The lowest BCUT2D eigenvalue weighted by Crippen LogP contribution is -2.50. The van der Waals surface area contributed by atoms with Gasteiger partial charge in [0.2, 0.25) is 5.91 Å². The number of piperidine rings is 1. The fourth-order valence-electron chi connectivity index (χ4n) is 4.90. The fourth-order valence-corrected chi connectivity index (χ4v) is 4.90. The summed E-state index contributed by atoms with van der Waals surface area (Å²) in [5.41, 5.74) is 2.92. The average molecular weight is 466 g/mol. The van der Waals surface area contributed by atoms with Gasteiger partial charge in [-0.25, -0.2) is 0 Å². The highest BCUT2D eigenvalue weighted by Crippen LogP contribution is 2.32. The summed E-state index contributed by atoms with van der Waals surface area (Å²) in [4.78, 5) is 29.6. The number of likely N-dealkylation sites (N-methyl/N-ethyl adjacent to an activating group) is 1. The van der Waals surface area contributed by atoms with Gasteiger partial charge < -0.3 is 25.0 Å². The van der Waals surface area contributed by atoms with E-state index in [2.05, 4.69) is 11.4 Å². The summed E-state index contributed by atoms with van der Waals surface area (Å²) in [6, 6.07) is 15.6. The minimum atomic E-state index is -0.361. The largest absolute Gasteiger partial charge is 0.494 e. The third-order valence-corrected chi connectivity index (χ3v) is 6.74. The van der Waals surface area contributed by atoms with E-state index >= 15 is 0 Å². The zero-order valence-electron chi connectivity index (χ0n) is 19.9. The summed E-state index contributed by atoms with van der Waals surface area (Å²) in [5, 5.41) is 12.7. The minimum absolute atomic E-state index is 0.0190. The number of amides is 2. The Morgan fingerprint density at radius 3 is 2.59 bits per heavy atom. The van der Waals surface area contributed by atoms with Crippen LogP contribution in [0.2, 0.25) is 0 Å². The molecule has 1 saturated heterocycles. The first-order valence-corrected chi connectivity index (χ1v) is 12.3. The molecule has 2 aliphatic heterocycles. The molecule has 182 valence electrons. The van der Waals surface area contributed by atoms with Crippen molar-refractivity contribution in [2.75, 3.05) is 38.2 Å². The Morgan fingerprint density at radius 1 is 1.12 bits per heavy atom. The first kappa shape index (κ1) is 24.2. The van der Waals surface area contributed by atoms with Crippen LogP contribution in [-0.4, -0.2) is 67.3 Å². The SMILES string of the molecule is CNCC(O)CCCOc1ccc(C(=O)N2CCC(N3C(=O)CCc4ccccc43)CC2)cc1. The maximum Gasteiger partial charge on any atom is 0.253 e. The number of carbonyl (C=O) groups is 2. The predicted molar refractivity (Wildman–Crippen MR) is 132 cm³/mol. The van der Waals surface area contributed by atoms with Crippen molar-refractivity contribution in [1.82, 2.24) is 10.2 Å². The van der Waals surface area contributed by atoms with Crippen LogP contribution in [0.1, 0.15) is 48.0 Å². The van der Waals surface area contributed by atoms with Crippen LogP contribution in [0, 0.1) is 0 Å². The van der Waals surface area contributed by atoms with E-state index in [0.29, 0.717) is 44.6 Å². The molecule has 2 heterocycles. The lowest BCUT2D eigenvalue weighted by atomic mass is 9.95. The first-order chi connectivity index (χ1) is 16.6. The number of nitrogens with zero attached hydrogens (tertiary/aromatic N) is 2. The molecule has 2 amide bonds. The van der Waals surface area contributed by atoms with Crippen LogP contribution in [0.25, 0.3) is 0 Å². The number of fused-ring (bicyclic) bond motifs is 1. The number of aliphatic hydroxyl groups is 1. The molecule has 1 fully saturated rings. The number of nitrogens with one attached hydrogen (secondary N) is 1. The van der Waals surface area contributed by atoms with Gasteiger partial charge in [0.1, 0.15) is 5.75 Å². The summed E-state index contributed by atoms with van der Waals surface area (Å²) in [5.74, 6) is 0.932. The number of carbonyl (C=O) groups excluding carboxylic acids is 2. The Bertz CT molecular complexity index is 970. The summed E-state index contributed by atoms with van der Waals surface area (Å²) in [6.45, 7) is 2.39. The van der Waals surface area contributed by atoms with Crippen molar-refractivity contribution >= 4 is 17.5 Å². The predicted octanol–water partition coefficient (Wildman–Crippen LogP) is 3.01. The number of para-hydroxylation sites is 1. The minimum Gasteiger partial charge on any atom is -0.494 e. The molecule has 1 unspecified atom stereocenters. The molecule has 2 N–H and O–H groups in total. The molecule has 0 aromatic heterocycles. The fraction of sp³-hybridized carbons (Fsp3) is 0.481. The highest BCUT2D eigenvalue weighted by atomic mass is 16.5. The molecule has 2 aliphatic rings. The molecular formula is C27H35N3O4. The topological polar surface area (TPSA) is 82.1 Å². The third-order valence-electron chi connectivity index (χ3n) is 6.74. The van der Waals surface area contributed by atoms with Gasteiger partial charge in [-0.2, -0.15) is 0 Å². The Hall–Kier alpha value is -2.90. The number of hydrogen-bond donors (Lipinski definition) is 2. The van der Waals surface area contributed by atoms with Crippen LogP contribution in [0.3, 0.4) is 0 Å². The van der Waals surface area contributed by atoms with E-state index in [1.165, 1.54) is 5.56 Å². The van der Waals surface area contributed by atoms with Crippen molar-refractivity contribution in [3.05, 3.63) is 59.7 Å². The van der Waals surface area contributed by atoms with Crippen molar-refractivity contribution in [1.29, 1.82) is 0 Å². The van der Waals surface area contributed by atoms with Gasteiger partial charge in [0.25, 0.3) is 5.91 Å². The molecule has 34 heavy (non-hydrogen) atoms. The van der Waals surface area contributed by atoms with Crippen molar-refractivity contribution in [3.8, 4) is 5.75 Å². The van der Waals surface area contributed by atoms with Crippen LogP contribution in [-0.2, 0) is 11.2 Å². The third kappa shape index (κ3) is 5.77. The van der Waals surface area contributed by atoms with E-state index in [9.17, 15) is 14.7 Å². The van der Waals surface area contributed by atoms with E-state index in [1.807, 2.05) is 59.3 Å². The number of anilines is 1. The Kier molecular flexibility index (Phi) is 8.19. The van der Waals surface area contributed by atoms with Gasteiger partial charge in [-0.15, -0.1) is 0 Å². The second-order valence-electron chi connectivity index (χ2n) is 9.14. The van der Waals surface area contributed by atoms with Crippen LogP contribution in [0.15, 0.2) is 48.5 Å². The number of aliphatic hydroxyl groups excluding tert-OH is 1. The molecule has 1 atom stereocenters. The van der Waals surface area contributed by atoms with Crippen molar-refractivity contribution in [2.24, 2.45) is 0 Å². The van der Waals surface area contributed by atoms with Gasteiger partial charge in [0, 0.05) is 43.3 Å². The number of aryl methyl sites for hydroxylation is 1. The van der Waals surface area contributed by atoms with Crippen molar-refractivity contribution in [3.63, 3.8) is 0 Å². The summed E-state index contributed by atoms with van der Waals surface area (Å²) >= 11 is 0. The lowest BCUT2D eigenvalue weighted by Gasteiger charge is -2.41. The van der Waals surface area contributed by atoms with E-state index in [4.69, 9.17) is 4.74 Å². The zero-order chi connectivity index (χ0) is 23.9. The van der Waals surface area contributed by atoms with Crippen LogP contribution in [0.5, 0.6) is 5.75 Å². The average Bonchev–Trinajstić information content (AvgIpc) is 2.87. The zero-order valence-corrected chi connectivity index (χ0v) is 19.9.